The number of ether oxygens (including phenoxy) is 2. The molecule has 0 bridgehead atoms. The summed E-state index contributed by atoms with van der Waals surface area (Å²) in [7, 11) is -3.24. The SMILES string of the molecule is CNS(=O)(=O)c1cccc(OCC(O)CNC2COC3(CCN(S(=O)(=O)c4cccc(-c5cn(C)c(=O)n(C)c5=O)c4)CC3)C2)c1. The van der Waals surface area contributed by atoms with Gasteiger partial charge in [0.2, 0.25) is 20.0 Å². The summed E-state index contributed by atoms with van der Waals surface area (Å²) in [6.07, 6.45) is 2.22. The molecule has 3 heterocycles. The van der Waals surface area contributed by atoms with Gasteiger partial charge in [-0.2, -0.15) is 4.31 Å². The van der Waals surface area contributed by atoms with Gasteiger partial charge in [-0.1, -0.05) is 18.2 Å². The van der Waals surface area contributed by atoms with Gasteiger partial charge < -0.3 is 24.5 Å². The summed E-state index contributed by atoms with van der Waals surface area (Å²) >= 11 is 0. The van der Waals surface area contributed by atoms with Gasteiger partial charge >= 0.3 is 5.69 Å². The highest BCUT2D eigenvalue weighted by molar-refractivity contribution is 7.89. The first-order chi connectivity index (χ1) is 21.7. The number of piperidine rings is 1. The largest absolute Gasteiger partial charge is 0.491 e. The van der Waals surface area contributed by atoms with Crippen LogP contribution in [0.15, 0.2) is 74.1 Å². The van der Waals surface area contributed by atoms with Gasteiger partial charge in [0, 0.05) is 52.0 Å². The van der Waals surface area contributed by atoms with Crippen LogP contribution in [0.5, 0.6) is 5.75 Å². The molecule has 46 heavy (non-hydrogen) atoms. The molecule has 16 heteroatoms. The Balaban J connectivity index is 1.14. The predicted octanol–water partition coefficient (Wildman–Crippen LogP) is 0.000800. The molecular weight excluding hydrogens is 638 g/mol. The predicted molar refractivity (Wildman–Crippen MR) is 170 cm³/mol. The summed E-state index contributed by atoms with van der Waals surface area (Å²) in [6.45, 7) is 1.13. The smallest absolute Gasteiger partial charge is 0.330 e. The Hall–Kier alpha value is -3.38. The summed E-state index contributed by atoms with van der Waals surface area (Å²) in [6, 6.07) is 12.2. The van der Waals surface area contributed by atoms with Crippen molar-refractivity contribution in [3.8, 4) is 16.9 Å². The number of aryl methyl sites for hydroxylation is 1. The molecule has 0 aliphatic carbocycles. The van der Waals surface area contributed by atoms with Crippen LogP contribution in [0.25, 0.3) is 11.1 Å². The molecule has 5 rings (SSSR count). The third-order valence-electron chi connectivity index (χ3n) is 8.54. The molecule has 2 aliphatic rings. The number of nitrogens with zero attached hydrogens (tertiary/aromatic N) is 3. The molecule has 250 valence electrons. The van der Waals surface area contributed by atoms with Crippen LogP contribution in [0.4, 0.5) is 0 Å². The number of aliphatic hydroxyl groups is 1. The summed E-state index contributed by atoms with van der Waals surface area (Å²) < 4.78 is 68.9. The summed E-state index contributed by atoms with van der Waals surface area (Å²) in [5, 5.41) is 13.8. The lowest BCUT2D eigenvalue weighted by Gasteiger charge is -2.38. The molecule has 2 saturated heterocycles. The fourth-order valence-electron chi connectivity index (χ4n) is 5.84. The van der Waals surface area contributed by atoms with Crippen LogP contribution in [0.2, 0.25) is 0 Å². The lowest BCUT2D eigenvalue weighted by molar-refractivity contribution is -0.0312. The van der Waals surface area contributed by atoms with E-state index in [-0.39, 0.29) is 47.6 Å². The second kappa shape index (κ2) is 13.4. The quantitative estimate of drug-likeness (QED) is 0.250. The van der Waals surface area contributed by atoms with Crippen LogP contribution < -0.4 is 26.0 Å². The van der Waals surface area contributed by atoms with Crippen molar-refractivity contribution in [1.29, 1.82) is 0 Å². The van der Waals surface area contributed by atoms with Gasteiger partial charge in [0.15, 0.2) is 0 Å². The van der Waals surface area contributed by atoms with Crippen LogP contribution in [0.3, 0.4) is 0 Å². The molecule has 2 fully saturated rings. The number of benzene rings is 2. The number of aromatic nitrogens is 2. The van der Waals surface area contributed by atoms with E-state index in [4.69, 9.17) is 9.47 Å². The Kier molecular flexibility index (Phi) is 9.89. The lowest BCUT2D eigenvalue weighted by atomic mass is 9.88. The third kappa shape index (κ3) is 7.12. The standard InChI is InChI=1S/C30H39N5O9S2/c1-31-45(39,40)25-8-5-7-24(15-25)43-20-23(36)17-32-22-16-30(44-19-22)10-12-35(13-11-30)46(41,42)26-9-4-6-21(14-26)27-18-33(2)29(38)34(3)28(27)37/h4-9,14-15,18,22-23,31-32,36H,10-13,16-17,19-20H2,1-3H3. The van der Waals surface area contributed by atoms with Gasteiger partial charge in [-0.25, -0.2) is 26.4 Å². The molecule has 0 amide bonds. The Morgan fingerprint density at radius 3 is 2.46 bits per heavy atom. The Labute approximate surface area is 267 Å². The van der Waals surface area contributed by atoms with Crippen LogP contribution >= 0.6 is 0 Å². The molecule has 0 radical (unpaired) electrons. The average Bonchev–Trinajstić information content (AvgIpc) is 3.45. The fourth-order valence-corrected chi connectivity index (χ4v) is 8.09. The molecule has 3 N–H and O–H groups in total. The highest BCUT2D eigenvalue weighted by Gasteiger charge is 2.44. The van der Waals surface area contributed by atoms with Crippen molar-refractivity contribution in [3.05, 3.63) is 75.6 Å². The van der Waals surface area contributed by atoms with Crippen molar-refractivity contribution in [3.63, 3.8) is 0 Å². The molecular formula is C30H39N5O9S2. The molecule has 2 aromatic carbocycles. The molecule has 2 atom stereocenters. The molecule has 1 aromatic heterocycles. The van der Waals surface area contributed by atoms with Gasteiger partial charge in [-0.05, 0) is 56.1 Å². The Bertz CT molecular complexity index is 1920. The number of aliphatic hydroxyl groups excluding tert-OH is 1. The van der Waals surface area contributed by atoms with E-state index in [9.17, 15) is 31.5 Å². The van der Waals surface area contributed by atoms with E-state index < -0.39 is 43.0 Å². The molecule has 2 unspecified atom stereocenters. The van der Waals surface area contributed by atoms with E-state index in [2.05, 4.69) is 10.0 Å². The van der Waals surface area contributed by atoms with Gasteiger partial charge in [-0.3, -0.25) is 9.36 Å². The molecule has 14 nitrogen and oxygen atoms in total. The second-order valence-corrected chi connectivity index (χ2v) is 15.5. The van der Waals surface area contributed by atoms with Crippen LogP contribution in [0, 0.1) is 0 Å². The maximum Gasteiger partial charge on any atom is 0.330 e. The molecule has 3 aromatic rings. The highest BCUT2D eigenvalue weighted by Crippen LogP contribution is 2.37. The minimum atomic E-state index is -3.86. The first-order valence-corrected chi connectivity index (χ1v) is 17.8. The van der Waals surface area contributed by atoms with Crippen molar-refractivity contribution < 1.29 is 31.4 Å². The lowest BCUT2D eigenvalue weighted by Crippen LogP contribution is -2.47. The highest BCUT2D eigenvalue weighted by atomic mass is 32.2. The minimum Gasteiger partial charge on any atom is -0.491 e. The van der Waals surface area contributed by atoms with Crippen molar-refractivity contribution in [2.75, 3.05) is 39.9 Å². The Morgan fingerprint density at radius 2 is 1.74 bits per heavy atom. The number of nitrogens with one attached hydrogen (secondary N) is 2. The van der Waals surface area contributed by atoms with Gasteiger partial charge in [0.05, 0.1) is 27.6 Å². The van der Waals surface area contributed by atoms with Crippen LogP contribution in [0.1, 0.15) is 19.3 Å². The zero-order valence-corrected chi connectivity index (χ0v) is 27.5. The van der Waals surface area contributed by atoms with Crippen molar-refractivity contribution in [2.24, 2.45) is 14.1 Å². The molecule has 2 aliphatic heterocycles. The van der Waals surface area contributed by atoms with E-state index in [0.717, 1.165) is 4.57 Å². The van der Waals surface area contributed by atoms with E-state index in [1.807, 2.05) is 0 Å². The number of sulfonamides is 2. The fraction of sp³-hybridized carbons (Fsp3) is 0.467. The van der Waals surface area contributed by atoms with E-state index in [1.165, 1.54) is 60.5 Å². The maximum atomic E-state index is 13.6. The third-order valence-corrected chi connectivity index (χ3v) is 11.8. The summed E-state index contributed by atoms with van der Waals surface area (Å²) in [5.41, 5.74) is -0.830. The molecule has 1 spiro atoms. The topological polar surface area (TPSA) is 178 Å². The van der Waals surface area contributed by atoms with E-state index in [1.54, 1.807) is 24.3 Å². The normalized spacial score (nSPS) is 19.3. The van der Waals surface area contributed by atoms with Crippen LogP contribution in [-0.2, 0) is 38.9 Å². The van der Waals surface area contributed by atoms with Gasteiger partial charge in [0.25, 0.3) is 5.56 Å². The first-order valence-electron chi connectivity index (χ1n) is 14.8. The number of hydrogen-bond donors (Lipinski definition) is 3. The number of rotatable bonds is 11. The van der Waals surface area contributed by atoms with Crippen LogP contribution in [-0.4, -0.2) is 93.0 Å². The number of hydrogen-bond acceptors (Lipinski definition) is 10. The zero-order chi connectivity index (χ0) is 33.3. The zero-order valence-electron chi connectivity index (χ0n) is 25.9. The summed E-state index contributed by atoms with van der Waals surface area (Å²) in [5.74, 6) is 0.322. The summed E-state index contributed by atoms with van der Waals surface area (Å²) in [4.78, 5) is 25.0. The van der Waals surface area contributed by atoms with Crippen molar-refractivity contribution >= 4 is 20.0 Å². The van der Waals surface area contributed by atoms with E-state index in [0.29, 0.717) is 37.2 Å². The monoisotopic (exact) mass is 677 g/mol. The second-order valence-electron chi connectivity index (χ2n) is 11.7. The average molecular weight is 678 g/mol. The minimum absolute atomic E-state index is 0.0389. The van der Waals surface area contributed by atoms with Gasteiger partial charge in [0.1, 0.15) is 18.5 Å². The first kappa shape index (κ1) is 34.0. The van der Waals surface area contributed by atoms with Gasteiger partial charge in [-0.15, -0.1) is 0 Å². The maximum absolute atomic E-state index is 13.6. The van der Waals surface area contributed by atoms with Crippen molar-refractivity contribution in [2.45, 2.75) is 46.8 Å². The van der Waals surface area contributed by atoms with Crippen molar-refractivity contribution in [1.82, 2.24) is 23.5 Å². The van der Waals surface area contributed by atoms with E-state index >= 15 is 0 Å². The molecule has 0 saturated carbocycles. The Morgan fingerprint density at radius 1 is 1.04 bits per heavy atom.